The first-order valence-corrected chi connectivity index (χ1v) is 7.98. The zero-order valence-corrected chi connectivity index (χ0v) is 14.6. The summed E-state index contributed by atoms with van der Waals surface area (Å²) in [6, 6.07) is 2.78. The number of rotatable bonds is 8. The van der Waals surface area contributed by atoms with Gasteiger partial charge < -0.3 is 25.2 Å². The van der Waals surface area contributed by atoms with E-state index in [0.717, 1.165) is 0 Å². The van der Waals surface area contributed by atoms with Crippen molar-refractivity contribution in [3.05, 3.63) is 18.2 Å². The van der Waals surface area contributed by atoms with Gasteiger partial charge in [0.05, 0.1) is 6.54 Å². The van der Waals surface area contributed by atoms with Crippen molar-refractivity contribution in [1.82, 2.24) is 10.2 Å². The summed E-state index contributed by atoms with van der Waals surface area (Å²) in [4.78, 5) is 35.7. The zero-order valence-electron chi connectivity index (χ0n) is 14.6. The highest BCUT2D eigenvalue weighted by molar-refractivity contribution is 5.93. The number of fused-ring (bicyclic) bond motifs is 1. The van der Waals surface area contributed by atoms with Gasteiger partial charge in [-0.05, 0) is 19.1 Å². The maximum absolute atomic E-state index is 13.0. The van der Waals surface area contributed by atoms with Gasteiger partial charge in [-0.15, -0.1) is 8.78 Å². The third kappa shape index (κ3) is 5.78. The van der Waals surface area contributed by atoms with Crippen LogP contribution in [0, 0.1) is 0 Å². The molecule has 27 heavy (non-hydrogen) atoms. The van der Waals surface area contributed by atoms with Crippen LogP contribution in [0.4, 0.5) is 14.5 Å². The van der Waals surface area contributed by atoms with E-state index in [1.165, 1.54) is 36.9 Å². The van der Waals surface area contributed by atoms with E-state index in [1.54, 1.807) is 0 Å². The molecule has 148 valence electrons. The predicted molar refractivity (Wildman–Crippen MR) is 88.6 cm³/mol. The van der Waals surface area contributed by atoms with E-state index in [9.17, 15) is 23.2 Å². The van der Waals surface area contributed by atoms with Crippen LogP contribution in [0.2, 0.25) is 0 Å². The molecule has 0 aromatic heterocycles. The molecule has 2 rings (SSSR count). The standard InChI is InChI=1S/C16H19F2N3O6/c1-9(15(24)25)21(6-5-19-10(2)22)8-14(23)20-11-3-4-12-13(7-11)27-16(17,18)26-12/h3-4,7,9H,5-6,8H2,1-2H3,(H,19,22)(H,20,23)(H,24,25). The first kappa shape index (κ1) is 20.4. The first-order valence-electron chi connectivity index (χ1n) is 7.98. The molecule has 0 saturated heterocycles. The Morgan fingerprint density at radius 3 is 2.56 bits per heavy atom. The average molecular weight is 387 g/mol. The van der Waals surface area contributed by atoms with Gasteiger partial charge in [0.2, 0.25) is 11.8 Å². The summed E-state index contributed by atoms with van der Waals surface area (Å²) in [5.41, 5.74) is 0.185. The van der Waals surface area contributed by atoms with Crippen LogP contribution < -0.4 is 20.1 Å². The van der Waals surface area contributed by atoms with Crippen LogP contribution >= 0.6 is 0 Å². The Balaban J connectivity index is 1.99. The van der Waals surface area contributed by atoms with Crippen molar-refractivity contribution in [1.29, 1.82) is 0 Å². The molecule has 1 aliphatic rings. The van der Waals surface area contributed by atoms with Crippen molar-refractivity contribution in [3.63, 3.8) is 0 Å². The van der Waals surface area contributed by atoms with Crippen molar-refractivity contribution >= 4 is 23.5 Å². The molecule has 0 saturated carbocycles. The van der Waals surface area contributed by atoms with E-state index in [0.29, 0.717) is 0 Å². The van der Waals surface area contributed by atoms with Crippen LogP contribution in [0.25, 0.3) is 0 Å². The SMILES string of the molecule is CC(=O)NCCN(CC(=O)Nc1ccc2c(c1)OC(F)(F)O2)C(C)C(=O)O. The number of amides is 2. The molecular weight excluding hydrogens is 368 g/mol. The van der Waals surface area contributed by atoms with Crippen molar-refractivity contribution < 1.29 is 37.7 Å². The van der Waals surface area contributed by atoms with Gasteiger partial charge >= 0.3 is 12.3 Å². The topological polar surface area (TPSA) is 117 Å². The van der Waals surface area contributed by atoms with Crippen molar-refractivity contribution in [2.75, 3.05) is 25.0 Å². The van der Waals surface area contributed by atoms with Gasteiger partial charge in [0, 0.05) is 31.8 Å². The number of benzene rings is 1. The van der Waals surface area contributed by atoms with Gasteiger partial charge in [-0.2, -0.15) is 0 Å². The Bertz CT molecular complexity index is 743. The van der Waals surface area contributed by atoms with Crippen LogP contribution in [0.3, 0.4) is 0 Å². The summed E-state index contributed by atoms with van der Waals surface area (Å²) in [7, 11) is 0. The number of carboxylic acids is 1. The molecule has 1 heterocycles. The van der Waals surface area contributed by atoms with Crippen molar-refractivity contribution in [2.45, 2.75) is 26.2 Å². The molecule has 1 aliphatic heterocycles. The first-order chi connectivity index (χ1) is 12.6. The Hall–Kier alpha value is -2.95. The van der Waals surface area contributed by atoms with E-state index in [2.05, 4.69) is 20.1 Å². The fourth-order valence-electron chi connectivity index (χ4n) is 2.35. The second-order valence-electron chi connectivity index (χ2n) is 5.84. The average Bonchev–Trinajstić information content (AvgIpc) is 2.85. The van der Waals surface area contributed by atoms with E-state index >= 15 is 0 Å². The molecule has 1 atom stereocenters. The quantitative estimate of drug-likeness (QED) is 0.606. The summed E-state index contributed by atoms with van der Waals surface area (Å²) in [5.74, 6) is -2.35. The summed E-state index contributed by atoms with van der Waals surface area (Å²) in [6.45, 7) is 2.75. The van der Waals surface area contributed by atoms with Crippen molar-refractivity contribution in [2.24, 2.45) is 0 Å². The minimum absolute atomic E-state index is 0.133. The normalized spacial score (nSPS) is 15.3. The number of anilines is 1. The number of carbonyl (C=O) groups excluding carboxylic acids is 2. The largest absolute Gasteiger partial charge is 0.586 e. The van der Waals surface area contributed by atoms with Gasteiger partial charge in [0.25, 0.3) is 0 Å². The lowest BCUT2D eigenvalue weighted by Gasteiger charge is -2.25. The number of halogens is 2. The zero-order chi connectivity index (χ0) is 20.2. The smallest absolute Gasteiger partial charge is 0.480 e. The van der Waals surface area contributed by atoms with Gasteiger partial charge in [-0.3, -0.25) is 19.3 Å². The van der Waals surface area contributed by atoms with E-state index in [4.69, 9.17) is 5.11 Å². The third-order valence-corrected chi connectivity index (χ3v) is 3.71. The molecule has 0 fully saturated rings. The Kier molecular flexibility index (Phi) is 6.16. The number of ether oxygens (including phenoxy) is 2. The van der Waals surface area contributed by atoms with Gasteiger partial charge in [0.15, 0.2) is 11.5 Å². The highest BCUT2D eigenvalue weighted by Crippen LogP contribution is 2.42. The summed E-state index contributed by atoms with van der Waals surface area (Å²) in [6.07, 6.45) is -3.76. The maximum atomic E-state index is 13.0. The Morgan fingerprint density at radius 1 is 1.26 bits per heavy atom. The number of carboxylic acid groups (broad SMARTS) is 1. The molecule has 0 aliphatic carbocycles. The molecule has 11 heteroatoms. The molecule has 3 N–H and O–H groups in total. The Morgan fingerprint density at radius 2 is 1.93 bits per heavy atom. The second-order valence-corrected chi connectivity index (χ2v) is 5.84. The molecule has 9 nitrogen and oxygen atoms in total. The highest BCUT2D eigenvalue weighted by atomic mass is 19.3. The van der Waals surface area contributed by atoms with Crippen LogP contribution in [-0.4, -0.2) is 59.8 Å². The van der Waals surface area contributed by atoms with E-state index < -0.39 is 24.2 Å². The molecule has 1 aromatic carbocycles. The molecule has 0 radical (unpaired) electrons. The molecule has 1 aromatic rings. The summed E-state index contributed by atoms with van der Waals surface area (Å²) < 4.78 is 34.6. The van der Waals surface area contributed by atoms with Gasteiger partial charge in [-0.25, -0.2) is 0 Å². The summed E-state index contributed by atoms with van der Waals surface area (Å²) >= 11 is 0. The lowest BCUT2D eigenvalue weighted by molar-refractivity contribution is -0.286. The number of alkyl halides is 2. The number of carbonyl (C=O) groups is 3. The molecule has 2 amide bonds. The fourth-order valence-corrected chi connectivity index (χ4v) is 2.35. The van der Waals surface area contributed by atoms with E-state index in [1.807, 2.05) is 0 Å². The monoisotopic (exact) mass is 387 g/mol. The molecular formula is C16H19F2N3O6. The predicted octanol–water partition coefficient (Wildman–Crippen LogP) is 0.858. The number of nitrogens with zero attached hydrogens (tertiary/aromatic N) is 1. The van der Waals surface area contributed by atoms with Crippen molar-refractivity contribution in [3.8, 4) is 11.5 Å². The maximum Gasteiger partial charge on any atom is 0.586 e. The van der Waals surface area contributed by atoms with Crippen LogP contribution in [0.15, 0.2) is 18.2 Å². The minimum Gasteiger partial charge on any atom is -0.480 e. The lowest BCUT2D eigenvalue weighted by Crippen LogP contribution is -2.46. The highest BCUT2D eigenvalue weighted by Gasteiger charge is 2.43. The van der Waals surface area contributed by atoms with Gasteiger partial charge in [0.1, 0.15) is 6.04 Å². The van der Waals surface area contributed by atoms with Crippen LogP contribution in [-0.2, 0) is 14.4 Å². The van der Waals surface area contributed by atoms with Crippen LogP contribution in [0.5, 0.6) is 11.5 Å². The van der Waals surface area contributed by atoms with E-state index in [-0.39, 0.29) is 42.7 Å². The minimum atomic E-state index is -3.76. The molecule has 0 spiro atoms. The summed E-state index contributed by atoms with van der Waals surface area (Å²) in [5, 5.41) is 14.2. The molecule has 1 unspecified atom stereocenters. The second kappa shape index (κ2) is 8.16. The fraction of sp³-hybridized carbons (Fsp3) is 0.438. The third-order valence-electron chi connectivity index (χ3n) is 3.71. The van der Waals surface area contributed by atoms with Gasteiger partial charge in [-0.1, -0.05) is 0 Å². The number of nitrogens with one attached hydrogen (secondary N) is 2. The Labute approximate surface area is 153 Å². The van der Waals surface area contributed by atoms with Crippen LogP contribution in [0.1, 0.15) is 13.8 Å². The number of aliphatic carboxylic acids is 1. The number of hydrogen-bond donors (Lipinski definition) is 3. The molecule has 0 bridgehead atoms. The lowest BCUT2D eigenvalue weighted by atomic mass is 10.2. The number of hydrogen-bond acceptors (Lipinski definition) is 6.